The molecule has 0 bridgehead atoms. The second-order valence-electron chi connectivity index (χ2n) is 14.3. The average molecular weight is 626 g/mol. The van der Waals surface area contributed by atoms with Gasteiger partial charge >= 0.3 is 0 Å². The van der Waals surface area contributed by atoms with Crippen molar-refractivity contribution in [1.29, 1.82) is 0 Å². The fourth-order valence-electron chi connectivity index (χ4n) is 7.51. The second kappa shape index (κ2) is 13.5. The zero-order valence-electron chi connectivity index (χ0n) is 27.3. The maximum absolute atomic E-state index is 14.0. The summed E-state index contributed by atoms with van der Waals surface area (Å²) in [5, 5.41) is 18.4. The normalized spacial score (nSPS) is 20.8. The van der Waals surface area contributed by atoms with Gasteiger partial charge in [-0.3, -0.25) is 19.4 Å². The Balaban J connectivity index is 1.26. The van der Waals surface area contributed by atoms with Crippen LogP contribution in [0.5, 0.6) is 0 Å². The van der Waals surface area contributed by atoms with Crippen LogP contribution in [0.1, 0.15) is 104 Å². The minimum absolute atomic E-state index is 0.00681. The molecular weight excluding hydrogens is 578 g/mol. The maximum Gasteiger partial charge on any atom is 0.274 e. The van der Waals surface area contributed by atoms with Gasteiger partial charge in [0.15, 0.2) is 0 Å². The van der Waals surface area contributed by atoms with Gasteiger partial charge in [-0.2, -0.15) is 0 Å². The van der Waals surface area contributed by atoms with Gasteiger partial charge in [0.25, 0.3) is 11.5 Å². The SMILES string of the molecule is Cc1cnc2c(c1)[C@@H](NC[C@H](O)[C@H](Cc1ccccc1)NC(=O)c1cc(N3CCCC3=O)c(=O)n(C3CCCC3)c1)CC(C)(C)C2. The highest BCUT2D eigenvalue weighted by Crippen LogP contribution is 2.40. The summed E-state index contributed by atoms with van der Waals surface area (Å²) in [6.45, 7) is 7.29. The van der Waals surface area contributed by atoms with E-state index in [9.17, 15) is 19.5 Å². The third-order valence-corrected chi connectivity index (χ3v) is 9.94. The number of nitrogens with one attached hydrogen (secondary N) is 2. The van der Waals surface area contributed by atoms with Gasteiger partial charge in [-0.1, -0.05) is 63.1 Å². The third kappa shape index (κ3) is 7.10. The van der Waals surface area contributed by atoms with Gasteiger partial charge in [0, 0.05) is 49.7 Å². The Morgan fingerprint density at radius 3 is 2.59 bits per heavy atom. The Morgan fingerprint density at radius 1 is 1.11 bits per heavy atom. The largest absolute Gasteiger partial charge is 0.390 e. The fourth-order valence-corrected chi connectivity index (χ4v) is 7.51. The predicted octanol–water partition coefficient (Wildman–Crippen LogP) is 4.80. The molecule has 9 heteroatoms. The summed E-state index contributed by atoms with van der Waals surface area (Å²) in [6, 6.07) is 13.0. The van der Waals surface area contributed by atoms with E-state index in [2.05, 4.69) is 30.5 Å². The molecule has 1 saturated heterocycles. The summed E-state index contributed by atoms with van der Waals surface area (Å²) in [5.74, 6) is -0.461. The number of aliphatic hydroxyl groups excluding tert-OH is 1. The van der Waals surface area contributed by atoms with Crippen LogP contribution < -0.4 is 21.1 Å². The number of carbonyl (C=O) groups excluding carboxylic acids is 2. The number of aromatic nitrogens is 2. The van der Waals surface area contributed by atoms with E-state index in [0.29, 0.717) is 31.4 Å². The summed E-state index contributed by atoms with van der Waals surface area (Å²) in [5.41, 5.74) is 4.80. The van der Waals surface area contributed by atoms with Gasteiger partial charge in [-0.05, 0) is 73.6 Å². The van der Waals surface area contributed by atoms with E-state index in [1.54, 1.807) is 16.8 Å². The maximum atomic E-state index is 14.0. The highest BCUT2D eigenvalue weighted by atomic mass is 16.3. The summed E-state index contributed by atoms with van der Waals surface area (Å²) < 4.78 is 1.67. The molecule has 2 fully saturated rings. The van der Waals surface area contributed by atoms with Crippen LogP contribution in [0.3, 0.4) is 0 Å². The molecule has 2 aromatic heterocycles. The first-order valence-electron chi connectivity index (χ1n) is 16.9. The van der Waals surface area contributed by atoms with E-state index in [1.807, 2.05) is 43.5 Å². The third-order valence-electron chi connectivity index (χ3n) is 9.94. The lowest BCUT2D eigenvalue weighted by Crippen LogP contribution is -2.50. The molecule has 3 atom stereocenters. The Hall–Kier alpha value is -3.82. The number of hydrogen-bond acceptors (Lipinski definition) is 6. The van der Waals surface area contributed by atoms with Gasteiger partial charge in [0.1, 0.15) is 5.69 Å². The van der Waals surface area contributed by atoms with E-state index in [0.717, 1.165) is 55.3 Å². The lowest BCUT2D eigenvalue weighted by Gasteiger charge is -2.37. The number of amides is 2. The van der Waals surface area contributed by atoms with Gasteiger partial charge in [0.2, 0.25) is 5.91 Å². The molecule has 0 unspecified atom stereocenters. The molecule has 46 heavy (non-hydrogen) atoms. The molecular formula is C37H47N5O4. The summed E-state index contributed by atoms with van der Waals surface area (Å²) >= 11 is 0. The summed E-state index contributed by atoms with van der Waals surface area (Å²) in [7, 11) is 0. The van der Waals surface area contributed by atoms with Crippen molar-refractivity contribution in [2.45, 2.75) is 103 Å². The van der Waals surface area contributed by atoms with Crippen LogP contribution in [0.15, 0.2) is 59.7 Å². The van der Waals surface area contributed by atoms with Crippen molar-refractivity contribution in [3.05, 3.63) is 93.2 Å². The highest BCUT2D eigenvalue weighted by Gasteiger charge is 2.34. The van der Waals surface area contributed by atoms with E-state index < -0.39 is 12.1 Å². The molecule has 0 radical (unpaired) electrons. The molecule has 1 saturated carbocycles. The number of rotatable bonds is 10. The first-order valence-corrected chi connectivity index (χ1v) is 16.9. The average Bonchev–Trinajstić information content (AvgIpc) is 3.72. The van der Waals surface area contributed by atoms with Crippen molar-refractivity contribution in [3.63, 3.8) is 0 Å². The summed E-state index contributed by atoms with van der Waals surface area (Å²) in [6.07, 6.45) is 9.81. The molecule has 9 nitrogen and oxygen atoms in total. The molecule has 0 spiro atoms. The molecule has 6 rings (SSSR count). The number of hydrogen-bond donors (Lipinski definition) is 3. The first-order chi connectivity index (χ1) is 22.1. The number of aryl methyl sites for hydroxylation is 1. The van der Waals surface area contributed by atoms with Crippen molar-refractivity contribution < 1.29 is 14.7 Å². The monoisotopic (exact) mass is 625 g/mol. The smallest absolute Gasteiger partial charge is 0.274 e. The van der Waals surface area contributed by atoms with Crippen LogP contribution in [0.4, 0.5) is 5.69 Å². The number of aliphatic hydroxyl groups is 1. The van der Waals surface area contributed by atoms with Gasteiger partial charge in [-0.25, -0.2) is 0 Å². The van der Waals surface area contributed by atoms with Gasteiger partial charge in [0.05, 0.1) is 17.7 Å². The topological polar surface area (TPSA) is 117 Å². The van der Waals surface area contributed by atoms with Crippen molar-refractivity contribution >= 4 is 17.5 Å². The number of fused-ring (bicyclic) bond motifs is 1. The molecule has 3 N–H and O–H groups in total. The number of anilines is 1. The van der Waals surface area contributed by atoms with Crippen LogP contribution in [0.2, 0.25) is 0 Å². The van der Waals surface area contributed by atoms with Crippen molar-refractivity contribution in [2.24, 2.45) is 5.41 Å². The Bertz CT molecular complexity index is 1630. The van der Waals surface area contributed by atoms with Crippen LogP contribution in [0.25, 0.3) is 0 Å². The number of benzene rings is 1. The number of carbonyl (C=O) groups is 2. The Morgan fingerprint density at radius 2 is 1.87 bits per heavy atom. The first kappa shape index (κ1) is 32.1. The Kier molecular flexibility index (Phi) is 9.43. The van der Waals surface area contributed by atoms with Crippen LogP contribution >= 0.6 is 0 Å². The van der Waals surface area contributed by atoms with Crippen LogP contribution in [0, 0.1) is 12.3 Å². The zero-order valence-corrected chi connectivity index (χ0v) is 27.3. The molecule has 1 aromatic carbocycles. The highest BCUT2D eigenvalue weighted by molar-refractivity contribution is 5.98. The molecule has 3 aliphatic rings. The van der Waals surface area contributed by atoms with Crippen LogP contribution in [-0.4, -0.2) is 51.7 Å². The summed E-state index contributed by atoms with van der Waals surface area (Å²) in [4.78, 5) is 46.6. The zero-order chi connectivity index (χ0) is 32.4. The van der Waals surface area contributed by atoms with Crippen molar-refractivity contribution in [3.8, 4) is 0 Å². The van der Waals surface area contributed by atoms with E-state index in [-0.39, 0.29) is 47.1 Å². The lowest BCUT2D eigenvalue weighted by atomic mass is 9.73. The number of pyridine rings is 2. The molecule has 3 aromatic rings. The molecule has 3 heterocycles. The molecule has 2 aliphatic carbocycles. The van der Waals surface area contributed by atoms with Gasteiger partial charge < -0.3 is 25.2 Å². The predicted molar refractivity (Wildman–Crippen MR) is 179 cm³/mol. The minimum Gasteiger partial charge on any atom is -0.390 e. The quantitative estimate of drug-likeness (QED) is 0.298. The lowest BCUT2D eigenvalue weighted by molar-refractivity contribution is -0.117. The van der Waals surface area contributed by atoms with Gasteiger partial charge in [-0.15, -0.1) is 0 Å². The molecule has 1 aliphatic heterocycles. The number of nitrogens with zero attached hydrogens (tertiary/aromatic N) is 3. The van der Waals surface area contributed by atoms with E-state index >= 15 is 0 Å². The Labute approximate surface area is 271 Å². The standard InChI is InChI=1S/C37H47N5O4/c1-24-16-28-30(38-21-24)19-37(2,3)20-31(28)39-22-33(43)29(17-25-10-5-4-6-11-25)40-35(45)26-18-32(41-15-9-14-34(41)44)36(46)42(23-26)27-12-7-8-13-27/h4-6,10-11,16,18,21,23,27,29,31,33,39,43H,7-9,12-15,17,19-20,22H2,1-3H3,(H,40,45)/t29-,31-,33-/m0/s1. The fraction of sp³-hybridized carbons (Fsp3) is 0.514. The van der Waals surface area contributed by atoms with E-state index in [1.165, 1.54) is 10.5 Å². The molecule has 244 valence electrons. The van der Waals surface area contributed by atoms with Crippen molar-refractivity contribution in [2.75, 3.05) is 18.0 Å². The minimum atomic E-state index is -0.893. The van der Waals surface area contributed by atoms with Crippen molar-refractivity contribution in [1.82, 2.24) is 20.2 Å². The second-order valence-corrected chi connectivity index (χ2v) is 14.3. The van der Waals surface area contributed by atoms with Crippen LogP contribution in [-0.2, 0) is 17.6 Å². The van der Waals surface area contributed by atoms with E-state index in [4.69, 9.17) is 4.98 Å². The molecule has 2 amide bonds.